The summed E-state index contributed by atoms with van der Waals surface area (Å²) in [5.74, 6) is 0.153. The number of carbonyl (C=O) groups is 2. The lowest BCUT2D eigenvalue weighted by atomic mass is 10.1. The molecular formula is C24H35NO4. The predicted octanol–water partition coefficient (Wildman–Crippen LogP) is 6.10. The van der Waals surface area contributed by atoms with E-state index in [4.69, 9.17) is 14.7 Å². The van der Waals surface area contributed by atoms with Gasteiger partial charge in [-0.3, -0.25) is 9.59 Å². The largest absolute Gasteiger partial charge is 0.466 e. The molecule has 0 aromatic heterocycles. The molecule has 0 N–H and O–H groups in total. The van der Waals surface area contributed by atoms with Crippen molar-refractivity contribution in [2.75, 3.05) is 6.61 Å². The summed E-state index contributed by atoms with van der Waals surface area (Å²) >= 11 is 0. The average Bonchev–Trinajstić information content (AvgIpc) is 2.73. The number of hydrogen-bond donors (Lipinski definition) is 0. The topological polar surface area (TPSA) is 76.4 Å². The first-order valence-corrected chi connectivity index (χ1v) is 11.0. The number of unbranched alkanes of at least 4 members (excludes halogenated alkanes) is 9. The molecule has 0 atom stereocenters. The molecule has 5 heteroatoms. The molecule has 0 spiro atoms. The first kappa shape index (κ1) is 24.7. The second-order valence-electron chi connectivity index (χ2n) is 7.37. The highest BCUT2D eigenvalue weighted by atomic mass is 16.5. The van der Waals surface area contributed by atoms with E-state index in [9.17, 15) is 9.59 Å². The number of rotatable bonds is 16. The number of nitrogens with zero attached hydrogens (tertiary/aromatic N) is 1. The van der Waals surface area contributed by atoms with Crippen LogP contribution in [0.3, 0.4) is 0 Å². The molecule has 0 saturated heterocycles. The van der Waals surface area contributed by atoms with E-state index in [0.29, 0.717) is 30.8 Å². The Bertz CT molecular complexity index is 619. The quantitative estimate of drug-likeness (QED) is 0.190. The van der Waals surface area contributed by atoms with E-state index in [0.717, 1.165) is 51.4 Å². The Morgan fingerprint density at radius 2 is 1.34 bits per heavy atom. The van der Waals surface area contributed by atoms with Crippen LogP contribution in [0.25, 0.3) is 0 Å². The first-order chi connectivity index (χ1) is 14.2. The maximum absolute atomic E-state index is 11.8. The minimum Gasteiger partial charge on any atom is -0.466 e. The third-order valence-electron chi connectivity index (χ3n) is 4.74. The maximum Gasteiger partial charge on any atom is 0.311 e. The Labute approximate surface area is 175 Å². The number of benzene rings is 1. The molecule has 160 valence electrons. The Morgan fingerprint density at radius 3 is 1.97 bits per heavy atom. The number of nitriles is 1. The number of carbonyl (C=O) groups excluding carboxylic acids is 2. The number of hydrogen-bond acceptors (Lipinski definition) is 5. The highest BCUT2D eigenvalue weighted by Crippen LogP contribution is 2.14. The van der Waals surface area contributed by atoms with Crippen molar-refractivity contribution < 1.29 is 19.1 Å². The Balaban J connectivity index is 1.91. The molecule has 0 fully saturated rings. The van der Waals surface area contributed by atoms with Crippen LogP contribution in [0.5, 0.6) is 5.75 Å². The fourth-order valence-corrected chi connectivity index (χ4v) is 2.99. The molecule has 0 saturated carbocycles. The van der Waals surface area contributed by atoms with Crippen LogP contribution in [0.4, 0.5) is 0 Å². The minimum absolute atomic E-state index is 0.0777. The van der Waals surface area contributed by atoms with Crippen molar-refractivity contribution in [1.82, 2.24) is 0 Å². The van der Waals surface area contributed by atoms with E-state index in [1.165, 1.54) is 19.3 Å². The van der Waals surface area contributed by atoms with Gasteiger partial charge in [0, 0.05) is 12.8 Å². The van der Waals surface area contributed by atoms with Gasteiger partial charge in [0.05, 0.1) is 18.2 Å². The molecule has 1 aromatic carbocycles. The summed E-state index contributed by atoms with van der Waals surface area (Å²) < 4.78 is 10.5. The smallest absolute Gasteiger partial charge is 0.311 e. The molecule has 0 bridgehead atoms. The molecule has 0 heterocycles. The first-order valence-electron chi connectivity index (χ1n) is 11.0. The van der Waals surface area contributed by atoms with E-state index in [-0.39, 0.29) is 11.9 Å². The second kappa shape index (κ2) is 16.6. The van der Waals surface area contributed by atoms with Crippen molar-refractivity contribution in [3.8, 4) is 11.8 Å². The molecule has 29 heavy (non-hydrogen) atoms. The van der Waals surface area contributed by atoms with Gasteiger partial charge in [0.2, 0.25) is 0 Å². The normalized spacial score (nSPS) is 10.3. The zero-order chi connectivity index (χ0) is 21.2. The standard InChI is InChI=1S/C24H35NO4/c1-2-3-4-9-12-19-28-23(26)13-10-7-5-6-8-11-14-24(27)29-22-17-15-21(20-25)16-18-22/h15-18H,2-14,19H2,1H3. The third kappa shape index (κ3) is 13.5. The van der Waals surface area contributed by atoms with Crippen molar-refractivity contribution in [3.63, 3.8) is 0 Å². The predicted molar refractivity (Wildman–Crippen MR) is 113 cm³/mol. The van der Waals surface area contributed by atoms with Crippen LogP contribution in [0.1, 0.15) is 96.0 Å². The lowest BCUT2D eigenvalue weighted by Gasteiger charge is -2.05. The van der Waals surface area contributed by atoms with Gasteiger partial charge in [0.25, 0.3) is 0 Å². The Hall–Kier alpha value is -2.35. The maximum atomic E-state index is 11.8. The zero-order valence-electron chi connectivity index (χ0n) is 17.8. The SMILES string of the molecule is CCCCCCCOC(=O)CCCCCCCCC(=O)Oc1ccc(C#N)cc1. The van der Waals surface area contributed by atoms with E-state index < -0.39 is 0 Å². The summed E-state index contributed by atoms with van der Waals surface area (Å²) in [6.07, 6.45) is 12.5. The summed E-state index contributed by atoms with van der Waals surface area (Å²) in [7, 11) is 0. The van der Waals surface area contributed by atoms with Gasteiger partial charge >= 0.3 is 11.9 Å². The highest BCUT2D eigenvalue weighted by molar-refractivity contribution is 5.72. The van der Waals surface area contributed by atoms with Crippen LogP contribution in [0.15, 0.2) is 24.3 Å². The second-order valence-corrected chi connectivity index (χ2v) is 7.37. The number of esters is 2. The number of ether oxygens (including phenoxy) is 2. The van der Waals surface area contributed by atoms with E-state index in [2.05, 4.69) is 6.92 Å². The molecule has 0 aliphatic heterocycles. The third-order valence-corrected chi connectivity index (χ3v) is 4.74. The highest BCUT2D eigenvalue weighted by Gasteiger charge is 2.05. The summed E-state index contributed by atoms with van der Waals surface area (Å²) in [6.45, 7) is 2.74. The molecule has 1 aromatic rings. The molecule has 0 unspecified atom stereocenters. The van der Waals surface area contributed by atoms with Crippen molar-refractivity contribution in [3.05, 3.63) is 29.8 Å². The van der Waals surface area contributed by atoms with Crippen LogP contribution < -0.4 is 4.74 Å². The average molecular weight is 402 g/mol. The fourth-order valence-electron chi connectivity index (χ4n) is 2.99. The van der Waals surface area contributed by atoms with Gasteiger partial charge in [-0.1, -0.05) is 58.3 Å². The molecule has 1 rings (SSSR count). The molecule has 0 aliphatic carbocycles. The summed E-state index contributed by atoms with van der Waals surface area (Å²) in [5, 5.41) is 8.74. The van der Waals surface area contributed by atoms with Crippen LogP contribution >= 0.6 is 0 Å². The molecular weight excluding hydrogens is 366 g/mol. The van der Waals surface area contributed by atoms with Crippen LogP contribution in [-0.2, 0) is 14.3 Å². The van der Waals surface area contributed by atoms with Gasteiger partial charge in [0.15, 0.2) is 0 Å². The van der Waals surface area contributed by atoms with E-state index in [1.54, 1.807) is 24.3 Å². The van der Waals surface area contributed by atoms with Crippen molar-refractivity contribution in [2.45, 2.75) is 90.4 Å². The van der Waals surface area contributed by atoms with Gasteiger partial charge in [-0.05, 0) is 43.5 Å². The van der Waals surface area contributed by atoms with E-state index >= 15 is 0 Å². The van der Waals surface area contributed by atoms with Crippen LogP contribution in [-0.4, -0.2) is 18.5 Å². The lowest BCUT2D eigenvalue weighted by molar-refractivity contribution is -0.144. The Morgan fingerprint density at radius 1 is 0.793 bits per heavy atom. The van der Waals surface area contributed by atoms with Crippen LogP contribution in [0, 0.1) is 11.3 Å². The Kier molecular flexibility index (Phi) is 14.1. The lowest BCUT2D eigenvalue weighted by Crippen LogP contribution is -2.07. The summed E-state index contributed by atoms with van der Waals surface area (Å²) in [6, 6.07) is 8.56. The van der Waals surface area contributed by atoms with Gasteiger partial charge in [-0.15, -0.1) is 0 Å². The van der Waals surface area contributed by atoms with Crippen molar-refractivity contribution in [1.29, 1.82) is 5.26 Å². The van der Waals surface area contributed by atoms with Crippen molar-refractivity contribution >= 4 is 11.9 Å². The van der Waals surface area contributed by atoms with Crippen molar-refractivity contribution in [2.24, 2.45) is 0 Å². The van der Waals surface area contributed by atoms with E-state index in [1.807, 2.05) is 6.07 Å². The molecule has 0 aliphatic rings. The minimum atomic E-state index is -0.243. The summed E-state index contributed by atoms with van der Waals surface area (Å²) in [5.41, 5.74) is 0.542. The van der Waals surface area contributed by atoms with Gasteiger partial charge in [0.1, 0.15) is 5.75 Å². The monoisotopic (exact) mass is 401 g/mol. The molecule has 0 radical (unpaired) electrons. The molecule has 0 amide bonds. The summed E-state index contributed by atoms with van der Waals surface area (Å²) in [4.78, 5) is 23.4. The molecule has 5 nitrogen and oxygen atoms in total. The fraction of sp³-hybridized carbons (Fsp3) is 0.625. The van der Waals surface area contributed by atoms with Gasteiger partial charge in [-0.2, -0.15) is 5.26 Å². The van der Waals surface area contributed by atoms with Gasteiger partial charge in [-0.25, -0.2) is 0 Å². The van der Waals surface area contributed by atoms with Crippen LogP contribution in [0.2, 0.25) is 0 Å². The zero-order valence-corrected chi connectivity index (χ0v) is 17.8. The van der Waals surface area contributed by atoms with Gasteiger partial charge < -0.3 is 9.47 Å².